The van der Waals surface area contributed by atoms with E-state index in [9.17, 15) is 5.11 Å². The Bertz CT molecular complexity index is 571. The molecule has 0 radical (unpaired) electrons. The molecule has 4 nitrogen and oxygen atoms in total. The molecule has 2 aromatic rings. The number of rotatable bonds is 2. The quantitative estimate of drug-likeness (QED) is 0.875. The number of hydrogen-bond acceptors (Lipinski definition) is 4. The van der Waals surface area contributed by atoms with Gasteiger partial charge in [-0.05, 0) is 30.0 Å². The lowest BCUT2D eigenvalue weighted by atomic mass is 10.1. The second kappa shape index (κ2) is 4.46. The molecule has 1 aromatic heterocycles. The zero-order valence-corrected chi connectivity index (χ0v) is 10.3. The number of aliphatic hydroxyl groups is 1. The van der Waals surface area contributed by atoms with Crippen LogP contribution in [0.2, 0.25) is 0 Å². The lowest BCUT2D eigenvalue weighted by Crippen LogP contribution is -2.22. The number of pyridine rings is 1. The molecule has 18 heavy (non-hydrogen) atoms. The van der Waals surface area contributed by atoms with Crippen molar-refractivity contribution in [3.63, 3.8) is 0 Å². The van der Waals surface area contributed by atoms with Gasteiger partial charge in [-0.15, -0.1) is 0 Å². The number of aliphatic hydroxyl groups excluding tert-OH is 1. The van der Waals surface area contributed by atoms with Crippen LogP contribution in [0.5, 0.6) is 5.75 Å². The zero-order valence-electron chi connectivity index (χ0n) is 10.3. The number of fused-ring (bicyclic) bond motifs is 1. The van der Waals surface area contributed by atoms with E-state index in [4.69, 9.17) is 4.74 Å². The third kappa shape index (κ3) is 1.88. The van der Waals surface area contributed by atoms with Crippen LogP contribution in [-0.4, -0.2) is 36.4 Å². The lowest BCUT2D eigenvalue weighted by Gasteiger charge is -2.18. The fourth-order valence-electron chi connectivity index (χ4n) is 2.45. The van der Waals surface area contributed by atoms with Gasteiger partial charge < -0.3 is 14.7 Å². The number of methoxy groups -OCH3 is 1. The molecule has 1 aliphatic rings. The van der Waals surface area contributed by atoms with Crippen LogP contribution in [0.25, 0.3) is 10.8 Å². The summed E-state index contributed by atoms with van der Waals surface area (Å²) in [7, 11) is 1.66. The van der Waals surface area contributed by atoms with Crippen molar-refractivity contribution >= 4 is 16.6 Å². The monoisotopic (exact) mass is 244 g/mol. The summed E-state index contributed by atoms with van der Waals surface area (Å²) < 4.78 is 5.27. The third-order valence-electron chi connectivity index (χ3n) is 3.42. The number of β-amino-alcohol motifs (C(OH)–C–C–N with tert-alkyl or cyclic N) is 1. The Morgan fingerprint density at radius 2 is 2.28 bits per heavy atom. The van der Waals surface area contributed by atoms with Crippen LogP contribution in [0.4, 0.5) is 5.82 Å². The van der Waals surface area contributed by atoms with E-state index in [-0.39, 0.29) is 6.10 Å². The molecule has 0 spiro atoms. The maximum atomic E-state index is 9.64. The van der Waals surface area contributed by atoms with Crippen LogP contribution in [0.3, 0.4) is 0 Å². The van der Waals surface area contributed by atoms with Crippen LogP contribution in [-0.2, 0) is 0 Å². The minimum atomic E-state index is -0.243. The normalized spacial score (nSPS) is 19.4. The zero-order chi connectivity index (χ0) is 12.5. The van der Waals surface area contributed by atoms with Gasteiger partial charge in [-0.3, -0.25) is 0 Å². The van der Waals surface area contributed by atoms with E-state index in [0.717, 1.165) is 35.3 Å². The van der Waals surface area contributed by atoms with E-state index in [1.165, 1.54) is 0 Å². The van der Waals surface area contributed by atoms with Crippen molar-refractivity contribution in [1.82, 2.24) is 4.98 Å². The topological polar surface area (TPSA) is 45.6 Å². The van der Waals surface area contributed by atoms with Crippen LogP contribution < -0.4 is 9.64 Å². The highest BCUT2D eigenvalue weighted by atomic mass is 16.5. The summed E-state index contributed by atoms with van der Waals surface area (Å²) in [5.74, 6) is 1.76. The lowest BCUT2D eigenvalue weighted by molar-refractivity contribution is 0.198. The summed E-state index contributed by atoms with van der Waals surface area (Å²) in [4.78, 5) is 6.59. The molecule has 0 bridgehead atoms. The van der Waals surface area contributed by atoms with Crippen molar-refractivity contribution in [2.24, 2.45) is 0 Å². The molecule has 1 aromatic carbocycles. The Balaban J connectivity index is 2.10. The molecular formula is C14H16N2O2. The molecule has 1 atom stereocenters. The summed E-state index contributed by atoms with van der Waals surface area (Å²) in [6.45, 7) is 1.51. The number of nitrogens with zero attached hydrogens (tertiary/aromatic N) is 2. The molecule has 4 heteroatoms. The fraction of sp³-hybridized carbons (Fsp3) is 0.357. The van der Waals surface area contributed by atoms with Crippen molar-refractivity contribution in [2.45, 2.75) is 12.5 Å². The standard InChI is InChI=1S/C14H16N2O2/c1-18-12-3-2-10-4-6-15-14(13(10)8-12)16-7-5-11(17)9-16/h2-4,6,8,11,17H,5,7,9H2,1H3. The Morgan fingerprint density at radius 1 is 1.39 bits per heavy atom. The van der Waals surface area contributed by atoms with Gasteiger partial charge in [0.25, 0.3) is 0 Å². The molecule has 1 fully saturated rings. The summed E-state index contributed by atoms with van der Waals surface area (Å²) >= 11 is 0. The van der Waals surface area contributed by atoms with Crippen LogP contribution in [0.1, 0.15) is 6.42 Å². The molecule has 0 amide bonds. The van der Waals surface area contributed by atoms with Crippen molar-refractivity contribution in [3.8, 4) is 5.75 Å². The maximum Gasteiger partial charge on any atom is 0.136 e. The summed E-state index contributed by atoms with van der Waals surface area (Å²) in [5.41, 5.74) is 0. The Morgan fingerprint density at radius 3 is 3.00 bits per heavy atom. The first kappa shape index (κ1) is 11.3. The maximum absolute atomic E-state index is 9.64. The first-order valence-corrected chi connectivity index (χ1v) is 6.13. The van der Waals surface area contributed by atoms with Gasteiger partial charge in [-0.25, -0.2) is 4.98 Å². The van der Waals surface area contributed by atoms with Crippen LogP contribution in [0, 0.1) is 0 Å². The van der Waals surface area contributed by atoms with E-state index in [1.54, 1.807) is 7.11 Å². The van der Waals surface area contributed by atoms with E-state index in [1.807, 2.05) is 30.5 Å². The number of anilines is 1. The molecule has 1 saturated heterocycles. The smallest absolute Gasteiger partial charge is 0.136 e. The minimum Gasteiger partial charge on any atom is -0.497 e. The first-order valence-electron chi connectivity index (χ1n) is 6.13. The van der Waals surface area contributed by atoms with Crippen molar-refractivity contribution < 1.29 is 9.84 Å². The molecule has 0 aliphatic carbocycles. The van der Waals surface area contributed by atoms with Gasteiger partial charge >= 0.3 is 0 Å². The molecule has 3 rings (SSSR count). The van der Waals surface area contributed by atoms with Crippen molar-refractivity contribution in [3.05, 3.63) is 30.5 Å². The molecule has 1 aliphatic heterocycles. The largest absolute Gasteiger partial charge is 0.497 e. The van der Waals surface area contributed by atoms with Gasteiger partial charge in [-0.1, -0.05) is 6.07 Å². The summed E-state index contributed by atoms with van der Waals surface area (Å²) in [6.07, 6.45) is 2.38. The van der Waals surface area contributed by atoms with E-state index < -0.39 is 0 Å². The van der Waals surface area contributed by atoms with Crippen LogP contribution >= 0.6 is 0 Å². The van der Waals surface area contributed by atoms with Crippen molar-refractivity contribution in [2.75, 3.05) is 25.1 Å². The number of aromatic nitrogens is 1. The second-order valence-electron chi connectivity index (χ2n) is 4.61. The predicted molar refractivity (Wildman–Crippen MR) is 71.1 cm³/mol. The van der Waals surface area contributed by atoms with E-state index >= 15 is 0 Å². The summed E-state index contributed by atoms with van der Waals surface area (Å²) in [6, 6.07) is 7.98. The molecule has 1 N–H and O–H groups in total. The molecule has 1 unspecified atom stereocenters. The average molecular weight is 244 g/mol. The van der Waals surface area contributed by atoms with Gasteiger partial charge in [0.2, 0.25) is 0 Å². The molecule has 0 saturated carbocycles. The first-order chi connectivity index (χ1) is 8.78. The van der Waals surface area contributed by atoms with Gasteiger partial charge in [0.15, 0.2) is 0 Å². The van der Waals surface area contributed by atoms with E-state index in [2.05, 4.69) is 9.88 Å². The van der Waals surface area contributed by atoms with Gasteiger partial charge in [0.05, 0.1) is 13.2 Å². The average Bonchev–Trinajstić information content (AvgIpc) is 2.84. The number of benzene rings is 1. The molecule has 94 valence electrons. The highest BCUT2D eigenvalue weighted by Crippen LogP contribution is 2.29. The van der Waals surface area contributed by atoms with Gasteiger partial charge in [-0.2, -0.15) is 0 Å². The fourth-order valence-corrected chi connectivity index (χ4v) is 2.45. The minimum absolute atomic E-state index is 0.243. The molecular weight excluding hydrogens is 228 g/mol. The highest BCUT2D eigenvalue weighted by Gasteiger charge is 2.22. The van der Waals surface area contributed by atoms with Crippen LogP contribution in [0.15, 0.2) is 30.5 Å². The molecule has 2 heterocycles. The van der Waals surface area contributed by atoms with Crippen molar-refractivity contribution in [1.29, 1.82) is 0 Å². The summed E-state index contributed by atoms with van der Waals surface area (Å²) in [5, 5.41) is 11.9. The Hall–Kier alpha value is -1.81. The third-order valence-corrected chi connectivity index (χ3v) is 3.42. The highest BCUT2D eigenvalue weighted by molar-refractivity contribution is 5.93. The van der Waals surface area contributed by atoms with E-state index in [0.29, 0.717) is 6.54 Å². The Kier molecular flexibility index (Phi) is 2.80. The predicted octanol–water partition coefficient (Wildman–Crippen LogP) is 1.81. The van der Waals surface area contributed by atoms with Gasteiger partial charge in [0, 0.05) is 24.7 Å². The number of hydrogen-bond donors (Lipinski definition) is 1. The van der Waals surface area contributed by atoms with Gasteiger partial charge in [0.1, 0.15) is 11.6 Å². The Labute approximate surface area is 106 Å². The SMILES string of the molecule is COc1ccc2ccnc(N3CCC(O)C3)c2c1. The number of ether oxygens (including phenoxy) is 1. The second-order valence-corrected chi connectivity index (χ2v) is 4.61.